The molecule has 3 N–H and O–H groups in total. The molecule has 0 amide bonds. The van der Waals surface area contributed by atoms with Crippen LogP contribution in [0.5, 0.6) is 23.0 Å². The number of likely N-dealkylation sites (N-methyl/N-ethyl adjacent to an activating group) is 2. The Bertz CT molecular complexity index is 1380. The molecule has 1 heterocycles. The summed E-state index contributed by atoms with van der Waals surface area (Å²) in [4.78, 5) is 27.3. The number of hydrogen-bond donors (Lipinski definition) is 3. The maximum absolute atomic E-state index is 11.1. The molecule has 0 saturated carbocycles. The zero-order valence-electron chi connectivity index (χ0n) is 26.7. The summed E-state index contributed by atoms with van der Waals surface area (Å²) in [6.07, 6.45) is -6.38. The Morgan fingerprint density at radius 3 is 1.60 bits per heavy atom. The van der Waals surface area contributed by atoms with Gasteiger partial charge < -0.3 is 39.3 Å². The van der Waals surface area contributed by atoms with Gasteiger partial charge in [0.05, 0.1) is 36.0 Å². The predicted octanol–water partition coefficient (Wildman–Crippen LogP) is 6.23. The highest BCUT2D eigenvalue weighted by Gasteiger charge is 2.39. The Morgan fingerprint density at radius 2 is 1.21 bits per heavy atom. The maximum atomic E-state index is 11.1. The molecule has 0 fully saturated rings. The molecule has 19 heteroatoms. The lowest BCUT2D eigenvalue weighted by Crippen LogP contribution is -2.21. The van der Waals surface area contributed by atoms with Crippen molar-refractivity contribution >= 4 is 47.2 Å². The van der Waals surface area contributed by atoms with E-state index in [9.17, 15) is 31.4 Å². The number of alkyl halides is 6. The van der Waals surface area contributed by atoms with Crippen LogP contribution in [0.4, 0.5) is 26.3 Å². The Kier molecular flexibility index (Phi) is 16.2. The van der Waals surface area contributed by atoms with Crippen molar-refractivity contribution in [1.29, 1.82) is 0 Å². The SMILES string of the molecule is COc1cc(CCN(C)C)c2c(c1O)Sc1c(CCN(C)C)c(SC)c(OC)c(OC)c1S2.O=C(O)C(F)(F)F.O=C(O)C(F)(F)F. The van der Waals surface area contributed by atoms with Gasteiger partial charge in [0.2, 0.25) is 0 Å². The highest BCUT2D eigenvalue weighted by molar-refractivity contribution is 8.05. The van der Waals surface area contributed by atoms with Crippen molar-refractivity contribution in [2.45, 2.75) is 49.7 Å². The summed E-state index contributed by atoms with van der Waals surface area (Å²) >= 11 is 4.94. The van der Waals surface area contributed by atoms with E-state index in [0.29, 0.717) is 5.75 Å². The first-order valence-electron chi connectivity index (χ1n) is 13.2. The number of carbonyl (C=O) groups is 2. The highest BCUT2D eigenvalue weighted by Crippen LogP contribution is 2.62. The zero-order valence-corrected chi connectivity index (χ0v) is 29.1. The van der Waals surface area contributed by atoms with Gasteiger partial charge in [0.1, 0.15) is 0 Å². The van der Waals surface area contributed by atoms with Gasteiger partial charge in [0, 0.05) is 22.9 Å². The number of ether oxygens (including phenoxy) is 3. The molecule has 3 rings (SSSR count). The smallest absolute Gasteiger partial charge is 0.490 e. The van der Waals surface area contributed by atoms with Crippen LogP contribution >= 0.6 is 35.3 Å². The van der Waals surface area contributed by atoms with Crippen LogP contribution in [0.1, 0.15) is 11.1 Å². The molecule has 47 heavy (non-hydrogen) atoms. The number of halogens is 6. The number of hydrogen-bond acceptors (Lipinski definition) is 11. The van der Waals surface area contributed by atoms with Gasteiger partial charge in [-0.05, 0) is 64.5 Å². The lowest BCUT2D eigenvalue weighted by Gasteiger charge is -2.29. The lowest BCUT2D eigenvalue weighted by atomic mass is 10.1. The lowest BCUT2D eigenvalue weighted by molar-refractivity contribution is -0.193. The van der Waals surface area contributed by atoms with Crippen LogP contribution in [0.25, 0.3) is 0 Å². The molecule has 0 bridgehead atoms. The zero-order chi connectivity index (χ0) is 36.4. The molecule has 266 valence electrons. The molecule has 1 aliphatic rings. The fourth-order valence-electron chi connectivity index (χ4n) is 3.79. The number of aromatic hydroxyl groups is 1. The van der Waals surface area contributed by atoms with E-state index in [1.54, 1.807) is 56.6 Å². The summed E-state index contributed by atoms with van der Waals surface area (Å²) in [5, 5.41) is 25.3. The van der Waals surface area contributed by atoms with E-state index in [1.165, 1.54) is 5.56 Å². The number of benzene rings is 2. The summed E-state index contributed by atoms with van der Waals surface area (Å²) in [5.74, 6) is -3.27. The number of phenolic OH excluding ortho intramolecular Hbond substituents is 1. The number of carboxylic acid groups (broad SMARTS) is 2. The number of fused-ring (bicyclic) bond motifs is 2. The van der Waals surface area contributed by atoms with Crippen LogP contribution in [0.3, 0.4) is 0 Å². The topological polar surface area (TPSA) is 129 Å². The third kappa shape index (κ3) is 11.7. The van der Waals surface area contributed by atoms with E-state index in [4.69, 9.17) is 34.0 Å². The van der Waals surface area contributed by atoms with Crippen LogP contribution in [0.2, 0.25) is 0 Å². The van der Waals surface area contributed by atoms with Crippen molar-refractivity contribution < 1.29 is 65.5 Å². The van der Waals surface area contributed by atoms with Crippen molar-refractivity contribution in [1.82, 2.24) is 9.80 Å². The maximum Gasteiger partial charge on any atom is 0.490 e. The van der Waals surface area contributed by atoms with Gasteiger partial charge in [-0.3, -0.25) is 0 Å². The molecule has 2 aromatic rings. The first-order valence-corrected chi connectivity index (χ1v) is 16.0. The highest BCUT2D eigenvalue weighted by atomic mass is 32.2. The number of thioether (sulfide) groups is 1. The van der Waals surface area contributed by atoms with Gasteiger partial charge in [0.15, 0.2) is 23.0 Å². The van der Waals surface area contributed by atoms with Crippen LogP contribution in [0, 0.1) is 0 Å². The van der Waals surface area contributed by atoms with Crippen LogP contribution in [-0.4, -0.2) is 118 Å². The number of rotatable bonds is 10. The van der Waals surface area contributed by atoms with Crippen LogP contribution < -0.4 is 14.2 Å². The fraction of sp³-hybridized carbons (Fsp3) is 0.500. The van der Waals surface area contributed by atoms with Crippen molar-refractivity contribution in [2.24, 2.45) is 0 Å². The number of nitrogens with zero attached hydrogens (tertiary/aromatic N) is 2. The molecular formula is C28H36F6N2O8S3. The molecule has 10 nitrogen and oxygen atoms in total. The predicted molar refractivity (Wildman–Crippen MR) is 166 cm³/mol. The fourth-order valence-corrected chi connectivity index (χ4v) is 7.47. The van der Waals surface area contributed by atoms with Gasteiger partial charge >= 0.3 is 24.3 Å². The first kappa shape index (κ1) is 42.2. The van der Waals surface area contributed by atoms with Gasteiger partial charge in [-0.25, -0.2) is 9.59 Å². The van der Waals surface area contributed by atoms with Crippen molar-refractivity contribution in [3.8, 4) is 23.0 Å². The Morgan fingerprint density at radius 1 is 0.766 bits per heavy atom. The monoisotopic (exact) mass is 738 g/mol. The van der Waals surface area contributed by atoms with Gasteiger partial charge in [-0.15, -0.1) is 11.8 Å². The average molecular weight is 739 g/mol. The van der Waals surface area contributed by atoms with E-state index < -0.39 is 24.3 Å². The van der Waals surface area contributed by atoms with E-state index in [0.717, 1.165) is 67.5 Å². The van der Waals surface area contributed by atoms with Crippen LogP contribution in [0.15, 0.2) is 30.5 Å². The summed E-state index contributed by atoms with van der Waals surface area (Å²) in [6.45, 7) is 1.81. The standard InChI is InChI=1S/C24H34N2O4S3.2C2HF3O2/c1-25(2)11-9-14-13-16(28-5)17(27)23-20(14)32-24-19(30-7)18(29-6)21(31-8)15(22(24)33-23)10-12-26(3)4;2*3-2(4,5)1(6)7/h13,27H,9-12H2,1-8H3;2*(H,6,7). The first-order chi connectivity index (χ1) is 21.7. The minimum absolute atomic E-state index is 0.197. The molecule has 0 aromatic heterocycles. The quantitative estimate of drug-likeness (QED) is 0.161. The summed E-state index contributed by atoms with van der Waals surface area (Å²) in [7, 11) is 13.3. The molecule has 0 spiro atoms. The third-order valence-corrected chi connectivity index (χ3v) is 9.61. The Hall–Kier alpha value is -2.87. The van der Waals surface area contributed by atoms with Crippen molar-refractivity contribution in [3.63, 3.8) is 0 Å². The van der Waals surface area contributed by atoms with Gasteiger partial charge in [-0.2, -0.15) is 26.3 Å². The Balaban J connectivity index is 0.000000658. The minimum atomic E-state index is -5.08. The number of phenols is 1. The number of methoxy groups -OCH3 is 3. The third-order valence-electron chi connectivity index (χ3n) is 5.99. The van der Waals surface area contributed by atoms with Gasteiger partial charge in [-0.1, -0.05) is 23.5 Å². The second kappa shape index (κ2) is 18.0. The van der Waals surface area contributed by atoms with Gasteiger partial charge in [0.25, 0.3) is 0 Å². The molecule has 0 saturated heterocycles. The number of aliphatic carboxylic acids is 2. The summed E-state index contributed by atoms with van der Waals surface area (Å²) in [6, 6.07) is 1.96. The molecular weight excluding hydrogens is 703 g/mol. The molecule has 0 atom stereocenters. The number of carboxylic acids is 2. The normalized spacial score (nSPS) is 12.3. The van der Waals surface area contributed by atoms with Crippen molar-refractivity contribution in [3.05, 3.63) is 17.2 Å². The average Bonchev–Trinajstić information content (AvgIpc) is 2.97. The summed E-state index contributed by atoms with van der Waals surface area (Å²) in [5.41, 5.74) is 2.38. The van der Waals surface area contributed by atoms with Crippen LogP contribution in [-0.2, 0) is 22.4 Å². The minimum Gasteiger partial charge on any atom is -0.503 e. The van der Waals surface area contributed by atoms with E-state index in [-0.39, 0.29) is 5.75 Å². The second-order valence-corrected chi connectivity index (χ2v) is 12.8. The van der Waals surface area contributed by atoms with E-state index in [1.807, 2.05) is 6.07 Å². The van der Waals surface area contributed by atoms with E-state index >= 15 is 0 Å². The molecule has 1 aliphatic heterocycles. The largest absolute Gasteiger partial charge is 0.503 e. The summed E-state index contributed by atoms with van der Waals surface area (Å²) < 4.78 is 80.8. The Labute approximate surface area is 280 Å². The van der Waals surface area contributed by atoms with Crippen molar-refractivity contribution in [2.75, 3.05) is 68.9 Å². The molecule has 0 radical (unpaired) electrons. The van der Waals surface area contributed by atoms with E-state index in [2.05, 4.69) is 44.2 Å². The molecule has 0 aliphatic carbocycles. The second-order valence-electron chi connectivity index (χ2n) is 9.90. The molecule has 2 aromatic carbocycles. The molecule has 0 unspecified atom stereocenters.